The van der Waals surface area contributed by atoms with Gasteiger partial charge in [0.2, 0.25) is 0 Å². The molecule has 0 radical (unpaired) electrons. The van der Waals surface area contributed by atoms with Gasteiger partial charge in [-0.15, -0.1) is 10.1 Å². The zero-order valence-electron chi connectivity index (χ0n) is 4.76. The smallest absolute Gasteiger partial charge is 0.291 e. The minimum Gasteiger partial charge on any atom is -0.370 e. The summed E-state index contributed by atoms with van der Waals surface area (Å²) in [4.78, 5) is 8.36. The van der Waals surface area contributed by atoms with E-state index >= 15 is 0 Å². The van der Waals surface area contributed by atoms with Crippen LogP contribution < -0.4 is 11.5 Å². The van der Waals surface area contributed by atoms with Crippen molar-refractivity contribution in [3.8, 4) is 0 Å². The molecule has 10 heavy (non-hydrogen) atoms. The van der Waals surface area contributed by atoms with Gasteiger partial charge in [0, 0.05) is 0 Å². The average molecular weight is 156 g/mol. The molecule has 0 saturated heterocycles. The second-order valence-corrected chi connectivity index (χ2v) is 0.693. The Labute approximate surface area is 55.0 Å². The highest BCUT2D eigenvalue weighted by atomic mass is 17.0. The van der Waals surface area contributed by atoms with Crippen LogP contribution >= 0.6 is 0 Å². The van der Waals surface area contributed by atoms with E-state index in [1.165, 1.54) is 0 Å². The van der Waals surface area contributed by atoms with Crippen molar-refractivity contribution in [3.05, 3.63) is 10.1 Å². The maximum absolute atomic E-state index is 8.36. The highest BCUT2D eigenvalue weighted by molar-refractivity contribution is 5.71. The van der Waals surface area contributed by atoms with Crippen molar-refractivity contribution in [3.63, 3.8) is 0 Å². The van der Waals surface area contributed by atoms with Crippen molar-refractivity contribution >= 4 is 5.96 Å². The lowest BCUT2D eigenvalue weighted by Gasteiger charge is -1.69. The third-order valence-electron chi connectivity index (χ3n) is 0. The monoisotopic (exact) mass is 156 g/mol. The summed E-state index contributed by atoms with van der Waals surface area (Å²) in [6.45, 7) is 0. The van der Waals surface area contributed by atoms with Crippen molar-refractivity contribution in [2.24, 2.45) is 11.5 Å². The third-order valence-corrected chi connectivity index (χ3v) is 0. The summed E-state index contributed by atoms with van der Waals surface area (Å²) in [6.07, 6.45) is 0. The van der Waals surface area contributed by atoms with E-state index in [0.717, 1.165) is 0 Å². The molecular formula is CH8N4O5. The molecule has 0 rings (SSSR count). The molecule has 0 fully saturated rings. The average Bonchev–Trinajstić information content (AvgIpc) is 1.66. The van der Waals surface area contributed by atoms with Gasteiger partial charge in [-0.1, -0.05) is 0 Å². The van der Waals surface area contributed by atoms with Gasteiger partial charge in [-0.05, 0) is 0 Å². The lowest BCUT2D eigenvalue weighted by molar-refractivity contribution is -0.742. The van der Waals surface area contributed by atoms with Crippen molar-refractivity contribution in [1.29, 1.82) is 5.41 Å². The van der Waals surface area contributed by atoms with E-state index in [1.54, 1.807) is 0 Å². The molecule has 0 amide bonds. The number of hydrogen-bond donors (Lipinski definition) is 6. The van der Waals surface area contributed by atoms with Crippen molar-refractivity contribution in [2.45, 2.75) is 0 Å². The Morgan fingerprint density at radius 2 is 1.50 bits per heavy atom. The molecule has 0 aromatic rings. The number of nitrogens with zero attached hydrogens (tertiary/aromatic N) is 1. The molecule has 0 aliphatic carbocycles. The van der Waals surface area contributed by atoms with Gasteiger partial charge in [-0.25, -0.2) is 0 Å². The van der Waals surface area contributed by atoms with Gasteiger partial charge in [0.1, 0.15) is 0 Å². The molecule has 0 aromatic heterocycles. The molecule has 0 bridgehead atoms. The fourth-order valence-electron chi connectivity index (χ4n) is 0. The molecule has 62 valence electrons. The molecule has 8 N–H and O–H groups in total. The molecule has 0 atom stereocenters. The first kappa shape index (κ1) is 15.8. The lowest BCUT2D eigenvalue weighted by atomic mass is 11.1. The highest BCUT2D eigenvalue weighted by Crippen LogP contribution is 1.38. The topological polar surface area (TPSA) is 180 Å². The molecule has 0 aromatic carbocycles. The summed E-state index contributed by atoms with van der Waals surface area (Å²) in [5.74, 6) is -0.333. The van der Waals surface area contributed by atoms with Crippen LogP contribution in [0.2, 0.25) is 0 Å². The predicted octanol–water partition coefficient (Wildman–Crippen LogP) is -1.49. The van der Waals surface area contributed by atoms with Gasteiger partial charge in [0.25, 0.3) is 5.09 Å². The van der Waals surface area contributed by atoms with E-state index in [2.05, 4.69) is 11.5 Å². The third kappa shape index (κ3) is 71.6. The first-order valence-corrected chi connectivity index (χ1v) is 1.59. The van der Waals surface area contributed by atoms with Crippen LogP contribution in [0.4, 0.5) is 0 Å². The molecule has 0 aliphatic rings. The van der Waals surface area contributed by atoms with Crippen LogP contribution in [0.15, 0.2) is 0 Å². The van der Waals surface area contributed by atoms with Crippen molar-refractivity contribution in [1.82, 2.24) is 0 Å². The number of nitrogens with two attached hydrogens (primary N) is 2. The Balaban J connectivity index is -0.0000000787. The van der Waals surface area contributed by atoms with Crippen LogP contribution in [0, 0.1) is 15.5 Å². The molecule has 0 spiro atoms. The van der Waals surface area contributed by atoms with Crippen LogP contribution in [0.3, 0.4) is 0 Å². The first-order valence-electron chi connectivity index (χ1n) is 1.59. The minimum atomic E-state index is -1.50. The SMILES string of the molecule is N=C(N)N.O=[N+]([O-])O.OO. The van der Waals surface area contributed by atoms with Crippen LogP contribution in [0.1, 0.15) is 0 Å². The Morgan fingerprint density at radius 1 is 1.50 bits per heavy atom. The summed E-state index contributed by atoms with van der Waals surface area (Å²) in [5, 5.41) is 31.7. The van der Waals surface area contributed by atoms with Crippen LogP contribution in [0.5, 0.6) is 0 Å². The van der Waals surface area contributed by atoms with Gasteiger partial charge >= 0.3 is 0 Å². The van der Waals surface area contributed by atoms with Crippen LogP contribution in [-0.4, -0.2) is 26.8 Å². The Kier molecular flexibility index (Phi) is 24.7. The molecule has 0 heterocycles. The van der Waals surface area contributed by atoms with Gasteiger partial charge < -0.3 is 16.7 Å². The quantitative estimate of drug-likeness (QED) is 0.0811. The highest BCUT2D eigenvalue weighted by Gasteiger charge is 1.65. The number of hydrogen-bond acceptors (Lipinski definition) is 5. The number of nitrogens with one attached hydrogen (secondary N) is 1. The number of guanidine groups is 1. The van der Waals surface area contributed by atoms with Crippen LogP contribution in [-0.2, 0) is 0 Å². The summed E-state index contributed by atoms with van der Waals surface area (Å²) < 4.78 is 0. The second-order valence-electron chi connectivity index (χ2n) is 0.693. The molecule has 0 unspecified atom stereocenters. The van der Waals surface area contributed by atoms with Crippen molar-refractivity contribution < 1.29 is 20.8 Å². The fraction of sp³-hybridized carbons (Fsp3) is 0. The summed E-state index contributed by atoms with van der Waals surface area (Å²) >= 11 is 0. The predicted molar refractivity (Wildman–Crippen MR) is 30.1 cm³/mol. The Hall–Kier alpha value is -1.61. The molecule has 9 nitrogen and oxygen atoms in total. The van der Waals surface area contributed by atoms with Gasteiger partial charge in [-0.2, -0.15) is 0 Å². The van der Waals surface area contributed by atoms with Crippen LogP contribution in [0.25, 0.3) is 0 Å². The normalized spacial score (nSPS) is 5.40. The molecule has 9 heteroatoms. The van der Waals surface area contributed by atoms with Crippen molar-refractivity contribution in [2.75, 3.05) is 0 Å². The summed E-state index contributed by atoms with van der Waals surface area (Å²) in [5.41, 5.74) is 8.94. The van der Waals surface area contributed by atoms with Gasteiger partial charge in [-0.3, -0.25) is 15.9 Å². The lowest BCUT2D eigenvalue weighted by Crippen LogP contribution is -2.20. The second kappa shape index (κ2) is 15.7. The van der Waals surface area contributed by atoms with E-state index in [4.69, 9.17) is 31.2 Å². The zero-order valence-corrected chi connectivity index (χ0v) is 4.76. The standard InChI is InChI=1S/CH5N3.HNO3.H2O2/c2*2-1(3)4;1-2/h(H5,2,3,4);(H,2,3,4);1-2H. The van der Waals surface area contributed by atoms with Gasteiger partial charge in [0.15, 0.2) is 5.96 Å². The maximum atomic E-state index is 8.36. The summed E-state index contributed by atoms with van der Waals surface area (Å²) in [6, 6.07) is 0. The van der Waals surface area contributed by atoms with E-state index in [-0.39, 0.29) is 5.96 Å². The molecule has 0 aliphatic heterocycles. The zero-order chi connectivity index (χ0) is 9.15. The number of rotatable bonds is 0. The largest absolute Gasteiger partial charge is 0.370 e. The first-order chi connectivity index (χ1) is 4.46. The van der Waals surface area contributed by atoms with E-state index < -0.39 is 5.09 Å². The Bertz CT molecular complexity index is 71.6. The van der Waals surface area contributed by atoms with E-state index in [0.29, 0.717) is 0 Å². The summed E-state index contributed by atoms with van der Waals surface area (Å²) in [7, 11) is 0. The van der Waals surface area contributed by atoms with Gasteiger partial charge in [0.05, 0.1) is 0 Å². The van der Waals surface area contributed by atoms with E-state index in [9.17, 15) is 0 Å². The minimum absolute atomic E-state index is 0.333. The Morgan fingerprint density at radius 3 is 1.50 bits per heavy atom. The molecular weight excluding hydrogens is 148 g/mol. The fourth-order valence-corrected chi connectivity index (χ4v) is 0. The maximum Gasteiger partial charge on any atom is 0.291 e. The van der Waals surface area contributed by atoms with E-state index in [1.807, 2.05) is 0 Å². The molecule has 0 saturated carbocycles.